The minimum atomic E-state index is -2.31. The van der Waals surface area contributed by atoms with Gasteiger partial charge < -0.3 is 75.4 Å². The molecule has 0 aliphatic heterocycles. The van der Waals surface area contributed by atoms with Gasteiger partial charge in [0.1, 0.15) is 24.4 Å². The second-order valence-electron chi connectivity index (χ2n) is 3.36. The van der Waals surface area contributed by atoms with Crippen molar-refractivity contribution in [3.8, 4) is 0 Å². The molecule has 21 N–H and O–H groups in total. The Morgan fingerprint density at radius 3 is 1.15 bits per heavy atom. The molecule has 0 unspecified atom stereocenters. The van der Waals surface area contributed by atoms with E-state index in [1.807, 2.05) is 0 Å². The molecule has 0 rings (SSSR count). The fourth-order valence-corrected chi connectivity index (χ4v) is 0.662. The first kappa shape index (κ1) is 49.8. The summed E-state index contributed by atoms with van der Waals surface area (Å²) in [6.45, 7) is 3.85. The number of carboxylic acid groups (broad SMARTS) is 1. The van der Waals surface area contributed by atoms with E-state index >= 15 is 0 Å². The number of carbonyl (C=O) groups is 1. The van der Waals surface area contributed by atoms with Crippen LogP contribution in [0.15, 0.2) is 0 Å². The molecule has 0 heterocycles. The molecule has 0 aliphatic carbocycles. The van der Waals surface area contributed by atoms with E-state index in [0.717, 1.165) is 0 Å². The van der Waals surface area contributed by atoms with Crippen molar-refractivity contribution in [3.05, 3.63) is 0 Å². The number of aliphatic hydroxyl groups excluding tert-OH is 5. The molecule has 26 heavy (non-hydrogen) atoms. The van der Waals surface area contributed by atoms with Gasteiger partial charge in [-0.3, -0.25) is 0 Å². The van der Waals surface area contributed by atoms with E-state index in [4.69, 9.17) is 40.9 Å². The highest BCUT2D eigenvalue weighted by molar-refractivity contribution is 5.70. The zero-order valence-electron chi connectivity index (χ0n) is 16.9. The highest BCUT2D eigenvalue weighted by Crippen LogP contribution is 2.04. The van der Waals surface area contributed by atoms with Crippen molar-refractivity contribution in [2.75, 3.05) is 26.4 Å². The number of aliphatic carboxylic acids is 1. The van der Waals surface area contributed by atoms with E-state index in [2.05, 4.69) is 0 Å². The highest BCUT2D eigenvalue weighted by Gasteiger charge is 2.30. The lowest BCUT2D eigenvalue weighted by Gasteiger charge is -2.25. The Kier molecular flexibility index (Phi) is 75.1. The van der Waals surface area contributed by atoms with E-state index < -0.39 is 37.0 Å². The molecule has 0 aromatic rings. The molecule has 4 atom stereocenters. The Labute approximate surface area is 154 Å². The van der Waals surface area contributed by atoms with Crippen LogP contribution < -0.4 is 45.0 Å². The molecular formula is C12H42N4O10. The van der Waals surface area contributed by atoms with Crippen LogP contribution in [0.4, 0.5) is 0 Å². The van der Waals surface area contributed by atoms with Crippen LogP contribution in [-0.2, 0) is 4.79 Å². The molecule has 0 amide bonds. The maximum absolute atomic E-state index is 9.98. The molecule has 0 saturated heterocycles. The SMILES string of the molecule is CC[O-].CC[O-].CC[O-].O=C([O-])[C@H](O)[C@@H](O)[C@H](O)[C@H](O)CO.[NH4+].[NH4+].[NH4+].[NH4+]. The first-order valence-corrected chi connectivity index (χ1v) is 6.44. The van der Waals surface area contributed by atoms with Crippen LogP contribution >= 0.6 is 0 Å². The second kappa shape index (κ2) is 39.2. The first-order valence-electron chi connectivity index (χ1n) is 6.44. The van der Waals surface area contributed by atoms with Gasteiger partial charge in [-0.2, -0.15) is 0 Å². The van der Waals surface area contributed by atoms with Crippen LogP contribution in [0.5, 0.6) is 0 Å². The quantitative estimate of drug-likeness (QED) is 0.210. The van der Waals surface area contributed by atoms with Gasteiger partial charge in [-0.1, -0.05) is 20.8 Å². The number of carbonyl (C=O) groups excluding carboxylic acids is 1. The molecule has 0 aromatic carbocycles. The Morgan fingerprint density at radius 1 is 0.769 bits per heavy atom. The molecule has 0 spiro atoms. The van der Waals surface area contributed by atoms with Crippen molar-refractivity contribution in [2.45, 2.75) is 45.2 Å². The monoisotopic (exact) mass is 402 g/mol. The summed E-state index contributed by atoms with van der Waals surface area (Å²) in [4.78, 5) is 9.98. The smallest absolute Gasteiger partial charge is 0.122 e. The first-order chi connectivity index (χ1) is 10.2. The topological polar surface area (TPSA) is 356 Å². The Morgan fingerprint density at radius 2 is 1.00 bits per heavy atom. The summed E-state index contributed by atoms with van der Waals surface area (Å²) in [5, 5.41) is 80.2. The van der Waals surface area contributed by atoms with E-state index in [9.17, 15) is 9.90 Å². The summed E-state index contributed by atoms with van der Waals surface area (Å²) in [5.41, 5.74) is 0. The Hall–Kier alpha value is -1.01. The van der Waals surface area contributed by atoms with Gasteiger partial charge in [-0.15, -0.1) is 19.8 Å². The third-order valence-corrected chi connectivity index (χ3v) is 1.50. The van der Waals surface area contributed by atoms with Gasteiger partial charge in [-0.05, 0) is 0 Å². The van der Waals surface area contributed by atoms with Crippen molar-refractivity contribution in [2.24, 2.45) is 0 Å². The summed E-state index contributed by atoms with van der Waals surface area (Å²) in [6, 6.07) is 0. The maximum Gasteiger partial charge on any atom is 0.122 e. The maximum atomic E-state index is 9.98. The van der Waals surface area contributed by atoms with Gasteiger partial charge in [0, 0.05) is 0 Å². The van der Waals surface area contributed by atoms with Gasteiger partial charge in [0.2, 0.25) is 0 Å². The van der Waals surface area contributed by atoms with E-state index in [-0.39, 0.29) is 44.4 Å². The molecular weight excluding hydrogens is 360 g/mol. The van der Waals surface area contributed by atoms with Crippen LogP contribution in [0.3, 0.4) is 0 Å². The van der Waals surface area contributed by atoms with Crippen LogP contribution in [-0.4, -0.2) is 82.3 Å². The van der Waals surface area contributed by atoms with Gasteiger partial charge in [0.25, 0.3) is 0 Å². The van der Waals surface area contributed by atoms with Gasteiger partial charge in [0.15, 0.2) is 0 Å². The predicted molar refractivity (Wildman–Crippen MR) is 91.7 cm³/mol. The summed E-state index contributed by atoms with van der Waals surface area (Å²) in [5.74, 6) is -1.98. The van der Waals surface area contributed by atoms with Crippen molar-refractivity contribution < 1.29 is 50.8 Å². The zero-order chi connectivity index (χ0) is 18.7. The lowest BCUT2D eigenvalue weighted by molar-refractivity contribution is -0.362. The number of quaternary nitrogens is 4. The third-order valence-electron chi connectivity index (χ3n) is 1.50. The van der Waals surface area contributed by atoms with E-state index in [1.54, 1.807) is 20.8 Å². The summed E-state index contributed by atoms with van der Waals surface area (Å²) in [7, 11) is 0. The fraction of sp³-hybridized carbons (Fsp3) is 0.917. The van der Waals surface area contributed by atoms with Crippen LogP contribution in [0.2, 0.25) is 0 Å². The van der Waals surface area contributed by atoms with Crippen LogP contribution in [0.25, 0.3) is 0 Å². The van der Waals surface area contributed by atoms with Gasteiger partial charge in [0.05, 0.1) is 12.6 Å². The minimum absolute atomic E-state index is 0. The van der Waals surface area contributed by atoms with Gasteiger partial charge >= 0.3 is 0 Å². The third kappa shape index (κ3) is 38.5. The van der Waals surface area contributed by atoms with E-state index in [0.29, 0.717) is 0 Å². The minimum Gasteiger partial charge on any atom is -0.855 e. The number of aliphatic hydroxyl groups is 5. The lowest BCUT2D eigenvalue weighted by Crippen LogP contribution is -2.52. The summed E-state index contributed by atoms with van der Waals surface area (Å²) in [6.07, 6.45) is -8.08. The number of carboxylic acids is 1. The van der Waals surface area contributed by atoms with Gasteiger partial charge in [-0.25, -0.2) is 0 Å². The van der Waals surface area contributed by atoms with E-state index in [1.165, 1.54) is 0 Å². The molecule has 170 valence electrons. The van der Waals surface area contributed by atoms with Crippen LogP contribution in [0, 0.1) is 0 Å². The molecule has 0 fully saturated rings. The summed E-state index contributed by atoms with van der Waals surface area (Å²) < 4.78 is 0. The lowest BCUT2D eigenvalue weighted by atomic mass is 10.0. The Bertz CT molecular complexity index is 225. The Balaban J connectivity index is -0.0000000355. The highest BCUT2D eigenvalue weighted by atomic mass is 16.4. The number of hydrogen-bond donors (Lipinski definition) is 9. The van der Waals surface area contributed by atoms with Crippen molar-refractivity contribution in [3.63, 3.8) is 0 Å². The summed E-state index contributed by atoms with van der Waals surface area (Å²) >= 11 is 0. The standard InChI is InChI=1S/C6H12O7.3C2H5O.4H3N/c7-1-2(8)3(9)4(10)5(11)6(12)13;3*1-2-3;;;;/h2-5,7-11H,1H2,(H,12,13);3*2H2,1H3;4*1H3/q;3*-1;;;;/p+3/t2-,3-,4+,5-;;;;;;;/m1......./s1. The fourth-order valence-electron chi connectivity index (χ4n) is 0.662. The average molecular weight is 402 g/mol. The zero-order valence-corrected chi connectivity index (χ0v) is 16.9. The second-order valence-corrected chi connectivity index (χ2v) is 3.36. The van der Waals surface area contributed by atoms with Crippen LogP contribution in [0.1, 0.15) is 20.8 Å². The molecule has 0 aliphatic rings. The molecule has 14 heteroatoms. The number of hydrogen-bond acceptors (Lipinski definition) is 10. The number of rotatable bonds is 5. The largest absolute Gasteiger partial charge is 0.855 e. The predicted octanol–water partition coefficient (Wildman–Crippen LogP) is -5.22. The molecule has 0 aromatic heterocycles. The normalized spacial score (nSPS) is 12.3. The molecule has 0 saturated carbocycles. The van der Waals surface area contributed by atoms with Crippen molar-refractivity contribution >= 4 is 5.97 Å². The molecule has 14 nitrogen and oxygen atoms in total. The molecule has 0 bridgehead atoms. The average Bonchev–Trinajstić information content (AvgIpc) is 2.46. The van der Waals surface area contributed by atoms with Crippen molar-refractivity contribution in [1.82, 2.24) is 24.6 Å². The molecule has 0 radical (unpaired) electrons. The van der Waals surface area contributed by atoms with Crippen molar-refractivity contribution in [1.29, 1.82) is 0 Å².